The molecule has 1 fully saturated rings. The standard InChI is InChI=1S/C17H20ClN5O3S/c1-21(9-14(24)19-13-6-3-2-5-12(13)18)11-23-17(27)26-15(20-23)10-22-8-4-7-16(22)25/h2-3,5-6H,4,7-11H2,1H3,(H,19,24). The first kappa shape index (κ1) is 19.5. The van der Waals surface area contributed by atoms with Gasteiger partial charge in [0.25, 0.3) is 4.84 Å². The number of para-hydroxylation sites is 1. The predicted octanol–water partition coefficient (Wildman–Crippen LogP) is 2.51. The van der Waals surface area contributed by atoms with Gasteiger partial charge in [-0.2, -0.15) is 0 Å². The van der Waals surface area contributed by atoms with Gasteiger partial charge in [0.2, 0.25) is 17.7 Å². The fraction of sp³-hybridized carbons (Fsp3) is 0.412. The summed E-state index contributed by atoms with van der Waals surface area (Å²) in [5, 5.41) is 7.55. The van der Waals surface area contributed by atoms with Gasteiger partial charge in [0, 0.05) is 13.0 Å². The molecule has 2 aromatic rings. The van der Waals surface area contributed by atoms with E-state index < -0.39 is 0 Å². The van der Waals surface area contributed by atoms with Gasteiger partial charge in [-0.25, -0.2) is 4.68 Å². The summed E-state index contributed by atoms with van der Waals surface area (Å²) in [6, 6.07) is 7.04. The highest BCUT2D eigenvalue weighted by Crippen LogP contribution is 2.20. The Kier molecular flexibility index (Phi) is 6.25. The van der Waals surface area contributed by atoms with Gasteiger partial charge in [-0.1, -0.05) is 23.7 Å². The maximum Gasteiger partial charge on any atom is 0.288 e. The molecule has 1 aliphatic heterocycles. The minimum Gasteiger partial charge on any atom is -0.412 e. The van der Waals surface area contributed by atoms with Crippen LogP contribution in [0.4, 0.5) is 5.69 Å². The molecule has 0 atom stereocenters. The van der Waals surface area contributed by atoms with Crippen molar-refractivity contribution in [3.8, 4) is 0 Å². The maximum atomic E-state index is 12.2. The Hall–Kier alpha value is -2.23. The molecular weight excluding hydrogens is 390 g/mol. The Morgan fingerprint density at radius 2 is 2.22 bits per heavy atom. The van der Waals surface area contributed by atoms with Crippen molar-refractivity contribution in [1.82, 2.24) is 19.6 Å². The number of carbonyl (C=O) groups is 2. The van der Waals surface area contributed by atoms with Gasteiger partial charge in [-0.15, -0.1) is 5.10 Å². The number of aromatic nitrogens is 2. The second-order valence-electron chi connectivity index (χ2n) is 6.36. The molecule has 0 unspecified atom stereocenters. The summed E-state index contributed by atoms with van der Waals surface area (Å²) >= 11 is 11.2. The normalized spacial score (nSPS) is 14.2. The summed E-state index contributed by atoms with van der Waals surface area (Å²) in [5.41, 5.74) is 0.563. The third-order valence-corrected chi connectivity index (χ3v) is 4.71. The second kappa shape index (κ2) is 8.64. The van der Waals surface area contributed by atoms with Crippen molar-refractivity contribution in [2.24, 2.45) is 0 Å². The van der Waals surface area contributed by atoms with Gasteiger partial charge in [0.1, 0.15) is 0 Å². The van der Waals surface area contributed by atoms with Crippen LogP contribution in [0.15, 0.2) is 28.7 Å². The molecule has 10 heteroatoms. The molecule has 0 radical (unpaired) electrons. The molecule has 0 saturated carbocycles. The third-order valence-electron chi connectivity index (χ3n) is 4.08. The lowest BCUT2D eigenvalue weighted by Gasteiger charge is -2.16. The lowest BCUT2D eigenvalue weighted by atomic mass is 10.3. The number of halogens is 1. The number of nitrogens with one attached hydrogen (secondary N) is 1. The van der Waals surface area contributed by atoms with Crippen LogP contribution in [-0.4, -0.2) is 51.5 Å². The van der Waals surface area contributed by atoms with E-state index in [0.29, 0.717) is 36.1 Å². The number of nitrogens with zero attached hydrogens (tertiary/aromatic N) is 4. The number of anilines is 1. The van der Waals surface area contributed by atoms with Crippen LogP contribution >= 0.6 is 23.8 Å². The first-order valence-corrected chi connectivity index (χ1v) is 9.28. The largest absolute Gasteiger partial charge is 0.412 e. The molecule has 2 heterocycles. The fourth-order valence-corrected chi connectivity index (χ4v) is 3.19. The minimum atomic E-state index is -0.205. The highest BCUT2D eigenvalue weighted by Gasteiger charge is 2.22. The second-order valence-corrected chi connectivity index (χ2v) is 7.12. The van der Waals surface area contributed by atoms with E-state index in [1.54, 1.807) is 41.1 Å². The van der Waals surface area contributed by atoms with E-state index in [0.717, 1.165) is 6.42 Å². The van der Waals surface area contributed by atoms with Crippen molar-refractivity contribution in [3.05, 3.63) is 40.0 Å². The van der Waals surface area contributed by atoms with Crippen molar-refractivity contribution in [2.75, 3.05) is 25.5 Å². The third kappa shape index (κ3) is 5.15. The number of rotatable bonds is 7. The van der Waals surface area contributed by atoms with Crippen molar-refractivity contribution in [1.29, 1.82) is 0 Å². The summed E-state index contributed by atoms with van der Waals surface area (Å²) in [6.07, 6.45) is 1.41. The van der Waals surface area contributed by atoms with Crippen LogP contribution in [0.2, 0.25) is 5.02 Å². The number of hydrogen-bond donors (Lipinski definition) is 1. The van der Waals surface area contributed by atoms with Gasteiger partial charge < -0.3 is 14.6 Å². The van der Waals surface area contributed by atoms with Gasteiger partial charge in [-0.3, -0.25) is 14.5 Å². The summed E-state index contributed by atoms with van der Waals surface area (Å²) in [6.45, 7) is 1.42. The van der Waals surface area contributed by atoms with E-state index in [9.17, 15) is 9.59 Å². The average molecular weight is 410 g/mol. The molecule has 144 valence electrons. The molecule has 1 N–H and O–H groups in total. The number of benzene rings is 1. The predicted molar refractivity (Wildman–Crippen MR) is 103 cm³/mol. The number of amides is 2. The zero-order valence-electron chi connectivity index (χ0n) is 14.9. The smallest absolute Gasteiger partial charge is 0.288 e. The molecule has 1 saturated heterocycles. The highest BCUT2D eigenvalue weighted by molar-refractivity contribution is 7.71. The highest BCUT2D eigenvalue weighted by atomic mass is 35.5. The number of carbonyl (C=O) groups excluding carboxylic acids is 2. The molecule has 1 aromatic carbocycles. The lowest BCUT2D eigenvalue weighted by Crippen LogP contribution is -2.32. The van der Waals surface area contributed by atoms with E-state index in [1.807, 2.05) is 0 Å². The number of hydrogen-bond acceptors (Lipinski definition) is 6. The van der Waals surface area contributed by atoms with Crippen LogP contribution in [0.25, 0.3) is 0 Å². The van der Waals surface area contributed by atoms with E-state index >= 15 is 0 Å². The number of likely N-dealkylation sites (N-methyl/N-ethyl adjacent to an activating group) is 1. The van der Waals surface area contributed by atoms with Crippen LogP contribution in [0.3, 0.4) is 0 Å². The van der Waals surface area contributed by atoms with E-state index in [1.165, 1.54) is 4.68 Å². The summed E-state index contributed by atoms with van der Waals surface area (Å²) in [4.78, 5) is 27.5. The molecule has 0 spiro atoms. The topological polar surface area (TPSA) is 83.6 Å². The Balaban J connectivity index is 1.55. The van der Waals surface area contributed by atoms with Crippen LogP contribution in [-0.2, 0) is 22.8 Å². The molecule has 0 aliphatic carbocycles. The maximum absolute atomic E-state index is 12.2. The molecule has 27 heavy (non-hydrogen) atoms. The van der Waals surface area contributed by atoms with Crippen molar-refractivity contribution in [3.63, 3.8) is 0 Å². The Labute approximate surface area is 166 Å². The molecular formula is C17H20ClN5O3S. The fourth-order valence-electron chi connectivity index (χ4n) is 2.81. The van der Waals surface area contributed by atoms with E-state index in [-0.39, 0.29) is 29.9 Å². The zero-order valence-corrected chi connectivity index (χ0v) is 16.4. The van der Waals surface area contributed by atoms with Crippen LogP contribution in [0.5, 0.6) is 0 Å². The summed E-state index contributed by atoms with van der Waals surface area (Å²) in [7, 11) is 1.77. The van der Waals surface area contributed by atoms with E-state index in [4.69, 9.17) is 28.2 Å². The average Bonchev–Trinajstić information content (AvgIpc) is 3.16. The zero-order chi connectivity index (χ0) is 19.4. The summed E-state index contributed by atoms with van der Waals surface area (Å²) in [5.74, 6) is 0.284. The van der Waals surface area contributed by atoms with Gasteiger partial charge >= 0.3 is 0 Å². The molecule has 3 rings (SSSR count). The van der Waals surface area contributed by atoms with Crippen molar-refractivity contribution >= 4 is 41.3 Å². The molecule has 8 nitrogen and oxygen atoms in total. The van der Waals surface area contributed by atoms with E-state index in [2.05, 4.69) is 10.4 Å². The first-order valence-electron chi connectivity index (χ1n) is 8.50. The van der Waals surface area contributed by atoms with Gasteiger partial charge in [0.15, 0.2) is 0 Å². The minimum absolute atomic E-state index is 0.0963. The molecule has 0 bridgehead atoms. The first-order chi connectivity index (χ1) is 12.9. The van der Waals surface area contributed by atoms with Crippen molar-refractivity contribution < 1.29 is 14.0 Å². The lowest BCUT2D eigenvalue weighted by molar-refractivity contribution is -0.128. The summed E-state index contributed by atoms with van der Waals surface area (Å²) < 4.78 is 6.96. The monoisotopic (exact) mass is 409 g/mol. The quantitative estimate of drug-likeness (QED) is 0.707. The molecule has 1 aromatic heterocycles. The molecule has 2 amide bonds. The SMILES string of the molecule is CN(CC(=O)Nc1ccccc1Cl)Cn1nc(CN2CCCC2=O)oc1=S. The Morgan fingerprint density at radius 1 is 1.44 bits per heavy atom. The Morgan fingerprint density at radius 3 is 2.93 bits per heavy atom. The molecule has 1 aliphatic rings. The number of likely N-dealkylation sites (tertiary alicyclic amines) is 1. The van der Waals surface area contributed by atoms with Crippen molar-refractivity contribution in [2.45, 2.75) is 26.1 Å². The Bertz CT molecular complexity index is 897. The van der Waals surface area contributed by atoms with Crippen LogP contribution in [0, 0.1) is 4.84 Å². The van der Waals surface area contributed by atoms with Crippen LogP contribution < -0.4 is 5.32 Å². The van der Waals surface area contributed by atoms with Crippen LogP contribution in [0.1, 0.15) is 18.7 Å². The van der Waals surface area contributed by atoms with Gasteiger partial charge in [-0.05, 0) is 37.8 Å². The van der Waals surface area contributed by atoms with Gasteiger partial charge in [0.05, 0.1) is 30.5 Å².